The van der Waals surface area contributed by atoms with Gasteiger partial charge in [0.25, 0.3) is 0 Å². The van der Waals surface area contributed by atoms with E-state index in [1.807, 2.05) is 6.07 Å². The van der Waals surface area contributed by atoms with E-state index in [1.165, 1.54) is 4.90 Å². The van der Waals surface area contributed by atoms with Gasteiger partial charge in [-0.2, -0.15) is 0 Å². The van der Waals surface area contributed by atoms with E-state index >= 15 is 0 Å². The van der Waals surface area contributed by atoms with Crippen LogP contribution in [0.5, 0.6) is 11.5 Å². The predicted molar refractivity (Wildman–Crippen MR) is 122 cm³/mol. The summed E-state index contributed by atoms with van der Waals surface area (Å²) in [5.41, 5.74) is -0.0661. The van der Waals surface area contributed by atoms with Gasteiger partial charge in [0, 0.05) is 12.1 Å². The third-order valence-electron chi connectivity index (χ3n) is 8.98. The first-order valence-electron chi connectivity index (χ1n) is 12.5. The molecule has 1 aromatic carbocycles. The zero-order valence-electron chi connectivity index (χ0n) is 19.7. The molecule has 10 heteroatoms. The van der Waals surface area contributed by atoms with Gasteiger partial charge in [-0.1, -0.05) is 12.5 Å². The van der Waals surface area contributed by atoms with Crippen molar-refractivity contribution in [3.63, 3.8) is 0 Å². The summed E-state index contributed by atoms with van der Waals surface area (Å²) in [7, 11) is 0. The lowest BCUT2D eigenvalue weighted by atomic mass is 9.47. The highest BCUT2D eigenvalue weighted by Gasteiger charge is 2.71. The van der Waals surface area contributed by atoms with Crippen LogP contribution in [-0.4, -0.2) is 73.6 Å². The number of phenols is 1. The summed E-state index contributed by atoms with van der Waals surface area (Å²) >= 11 is 0. The summed E-state index contributed by atoms with van der Waals surface area (Å²) < 4.78 is 12.1. The van der Waals surface area contributed by atoms with E-state index in [0.29, 0.717) is 31.4 Å². The molecule has 1 aromatic rings. The molecule has 10 nitrogen and oxygen atoms in total. The summed E-state index contributed by atoms with van der Waals surface area (Å²) in [6, 6.07) is 2.58. The van der Waals surface area contributed by atoms with Gasteiger partial charge in [-0.3, -0.25) is 4.79 Å². The number of carbonyl (C=O) groups is 3. The average Bonchev–Trinajstić information content (AvgIpc) is 3.45. The average molecular weight is 500 g/mol. The first-order chi connectivity index (χ1) is 17.2. The largest absolute Gasteiger partial charge is 0.504 e. The quantitative estimate of drug-likeness (QED) is 0.437. The first-order valence-corrected chi connectivity index (χ1v) is 12.5. The Balaban J connectivity index is 1.30. The number of ether oxygens (including phenoxy) is 2. The number of amides is 1. The van der Waals surface area contributed by atoms with Crippen molar-refractivity contribution in [3.8, 4) is 11.5 Å². The van der Waals surface area contributed by atoms with Crippen LogP contribution in [0.15, 0.2) is 24.0 Å². The second kappa shape index (κ2) is 7.94. The van der Waals surface area contributed by atoms with Crippen molar-refractivity contribution in [1.29, 1.82) is 0 Å². The number of benzene rings is 1. The summed E-state index contributed by atoms with van der Waals surface area (Å²) in [6.07, 6.45) is 2.71. The van der Waals surface area contributed by atoms with Crippen molar-refractivity contribution in [2.45, 2.75) is 80.6 Å². The molecule has 1 amide bonds. The summed E-state index contributed by atoms with van der Waals surface area (Å²) in [5, 5.41) is 41.1. The van der Waals surface area contributed by atoms with Crippen molar-refractivity contribution >= 4 is 17.8 Å². The molecule has 2 bridgehead atoms. The molecule has 0 unspecified atom stereocenters. The van der Waals surface area contributed by atoms with Crippen LogP contribution >= 0.6 is 0 Å². The monoisotopic (exact) mass is 499 g/mol. The maximum Gasteiger partial charge on any atom is 0.334 e. The van der Waals surface area contributed by atoms with Gasteiger partial charge in [0.05, 0.1) is 17.4 Å². The maximum atomic E-state index is 13.3. The Kier molecular flexibility index (Phi) is 5.14. The standard InChI is InChI=1S/C26H29NO9/c28-16-6-5-13-11-14-3-1-8-25-20(13)21(16)36-22(25)18(7-9-26(14,25)34)35-24(33)15-4-2-10-27(15)19(30)12-17(29)23(31)32/h5-7,14-15,17,22,28-29,34H,1-4,8-12H2,(H,31,32)/t14-,15+,17+,22+,25+,26-/m1/s1. The van der Waals surface area contributed by atoms with Gasteiger partial charge in [-0.15, -0.1) is 0 Å². The zero-order valence-corrected chi connectivity index (χ0v) is 19.7. The van der Waals surface area contributed by atoms with Crippen molar-refractivity contribution in [1.82, 2.24) is 4.90 Å². The van der Waals surface area contributed by atoms with Gasteiger partial charge in [-0.05, 0) is 62.1 Å². The lowest BCUT2D eigenvalue weighted by Gasteiger charge is -2.59. The Labute approximate surface area is 207 Å². The number of aromatic hydroxyl groups is 1. The molecule has 36 heavy (non-hydrogen) atoms. The molecule has 0 radical (unpaired) electrons. The minimum atomic E-state index is -1.84. The van der Waals surface area contributed by atoms with Crippen molar-refractivity contribution in [3.05, 3.63) is 35.1 Å². The summed E-state index contributed by atoms with van der Waals surface area (Å²) in [4.78, 5) is 38.1. The fraction of sp³-hybridized carbons (Fsp3) is 0.577. The molecule has 6 rings (SSSR count). The molecule has 6 atom stereocenters. The van der Waals surface area contributed by atoms with Gasteiger partial charge < -0.3 is 34.8 Å². The second-order valence-electron chi connectivity index (χ2n) is 10.7. The minimum absolute atomic E-state index is 0.0147. The van der Waals surface area contributed by atoms with Crippen LogP contribution in [0.2, 0.25) is 0 Å². The number of carbonyl (C=O) groups excluding carboxylic acids is 2. The Morgan fingerprint density at radius 3 is 2.81 bits per heavy atom. The van der Waals surface area contributed by atoms with Crippen LogP contribution in [0, 0.1) is 5.92 Å². The Hall–Kier alpha value is -3.11. The SMILES string of the molecule is O=C(O)[C@@H](O)CC(=O)N1CCC[C@H]1C(=O)OC1=CC[C@@]2(O)[C@@H]3CCC[C@@]24c2c(ccc(O)c2O[C@@H]14)C3. The van der Waals surface area contributed by atoms with Gasteiger partial charge in [0.2, 0.25) is 5.91 Å². The van der Waals surface area contributed by atoms with Crippen LogP contribution < -0.4 is 4.74 Å². The van der Waals surface area contributed by atoms with E-state index in [-0.39, 0.29) is 30.4 Å². The van der Waals surface area contributed by atoms with Crippen molar-refractivity contribution in [2.75, 3.05) is 6.54 Å². The van der Waals surface area contributed by atoms with E-state index < -0.39 is 53.5 Å². The number of hydrogen-bond acceptors (Lipinski definition) is 8. The highest BCUT2D eigenvalue weighted by Crippen LogP contribution is 2.67. The van der Waals surface area contributed by atoms with E-state index in [1.54, 1.807) is 12.1 Å². The molecular weight excluding hydrogens is 470 g/mol. The number of nitrogens with zero attached hydrogens (tertiary/aromatic N) is 1. The Bertz CT molecular complexity index is 1190. The van der Waals surface area contributed by atoms with Crippen molar-refractivity contribution < 1.29 is 44.3 Å². The zero-order chi connectivity index (χ0) is 25.4. The number of aliphatic carboxylic acids is 1. The number of carboxylic acids is 1. The van der Waals surface area contributed by atoms with E-state index in [4.69, 9.17) is 14.6 Å². The number of aliphatic hydroxyl groups excluding tert-OH is 1. The normalized spacial score (nSPS) is 34.3. The molecule has 2 heterocycles. The predicted octanol–water partition coefficient (Wildman–Crippen LogP) is 1.14. The number of hydrogen-bond donors (Lipinski definition) is 4. The fourth-order valence-electron chi connectivity index (χ4n) is 7.40. The van der Waals surface area contributed by atoms with E-state index in [9.17, 15) is 29.7 Å². The van der Waals surface area contributed by atoms with Gasteiger partial charge in [0.15, 0.2) is 23.7 Å². The van der Waals surface area contributed by atoms with Gasteiger partial charge >= 0.3 is 11.9 Å². The summed E-state index contributed by atoms with van der Waals surface area (Å²) in [6.45, 7) is 0.262. The third kappa shape index (κ3) is 3.00. The topological polar surface area (TPSA) is 154 Å². The number of likely N-dealkylation sites (tertiary alicyclic amines) is 1. The molecule has 5 aliphatic rings. The number of carboxylic acid groups (broad SMARTS) is 1. The van der Waals surface area contributed by atoms with Gasteiger partial charge in [0.1, 0.15) is 11.8 Å². The number of rotatable bonds is 5. The maximum absolute atomic E-state index is 13.3. The number of aliphatic hydroxyl groups is 2. The molecule has 1 saturated carbocycles. The van der Waals surface area contributed by atoms with E-state index in [2.05, 4.69) is 0 Å². The smallest absolute Gasteiger partial charge is 0.334 e. The third-order valence-corrected chi connectivity index (χ3v) is 8.98. The molecule has 192 valence electrons. The van der Waals surface area contributed by atoms with Crippen LogP contribution in [-0.2, 0) is 31.0 Å². The molecule has 2 aliphatic heterocycles. The van der Waals surface area contributed by atoms with Crippen molar-refractivity contribution in [2.24, 2.45) is 5.92 Å². The van der Waals surface area contributed by atoms with Crippen LogP contribution in [0.1, 0.15) is 56.1 Å². The second-order valence-corrected chi connectivity index (χ2v) is 10.7. The minimum Gasteiger partial charge on any atom is -0.504 e. The van der Waals surface area contributed by atoms with Crippen LogP contribution in [0.25, 0.3) is 0 Å². The molecule has 3 aliphatic carbocycles. The molecule has 1 spiro atoms. The number of phenolic OH excluding ortho intramolecular Hbond substituents is 1. The van der Waals surface area contributed by atoms with Gasteiger partial charge in [-0.25, -0.2) is 9.59 Å². The molecule has 4 N–H and O–H groups in total. The summed E-state index contributed by atoms with van der Waals surface area (Å²) in [5.74, 6) is -2.18. The number of esters is 1. The lowest BCUT2D eigenvalue weighted by Crippen LogP contribution is -2.67. The van der Waals surface area contributed by atoms with Crippen LogP contribution in [0.3, 0.4) is 0 Å². The molecule has 2 fully saturated rings. The van der Waals surface area contributed by atoms with Crippen LogP contribution in [0.4, 0.5) is 0 Å². The molecule has 0 aromatic heterocycles. The first kappa shape index (κ1) is 23.3. The highest BCUT2D eigenvalue weighted by molar-refractivity contribution is 5.88. The Morgan fingerprint density at radius 1 is 1.22 bits per heavy atom. The highest BCUT2D eigenvalue weighted by atomic mass is 16.6. The molecule has 1 saturated heterocycles. The Morgan fingerprint density at radius 2 is 2.03 bits per heavy atom. The fourth-order valence-corrected chi connectivity index (χ4v) is 7.40. The molecular formula is C26H29NO9. The lowest BCUT2D eigenvalue weighted by molar-refractivity contribution is -0.164. The van der Waals surface area contributed by atoms with E-state index in [0.717, 1.165) is 24.0 Å².